The van der Waals surface area contributed by atoms with E-state index in [1.54, 1.807) is 0 Å². The molecule has 2 nitrogen and oxygen atoms in total. The molecule has 1 aromatic rings. The van der Waals surface area contributed by atoms with E-state index in [4.69, 9.17) is 2.67 Å². The number of benzene rings is 1. The van der Waals surface area contributed by atoms with E-state index in [1.165, 1.54) is 43.2 Å². The summed E-state index contributed by atoms with van der Waals surface area (Å²) in [6.07, 6.45) is 8.32. The van der Waals surface area contributed by atoms with Crippen molar-refractivity contribution in [1.82, 2.24) is 0 Å². The van der Waals surface area contributed by atoms with Crippen LogP contribution in [-0.2, 0) is 17.2 Å². The van der Waals surface area contributed by atoms with Gasteiger partial charge in [-0.1, -0.05) is 13.0 Å². The molecule has 0 radical (unpaired) electrons. The van der Waals surface area contributed by atoms with E-state index < -0.39 is 18.6 Å². The molecule has 0 amide bonds. The second kappa shape index (κ2) is 6.85. The summed E-state index contributed by atoms with van der Waals surface area (Å²) in [4.78, 5) is 0.793. The Morgan fingerprint density at radius 1 is 1.44 bits per heavy atom. The Labute approximate surface area is 158 Å². The zero-order valence-corrected chi connectivity index (χ0v) is 16.1. The molecule has 4 heteroatoms. The fourth-order valence-corrected chi connectivity index (χ4v) is 7.22. The van der Waals surface area contributed by atoms with Gasteiger partial charge < -0.3 is 5.11 Å². The van der Waals surface area contributed by atoms with Crippen molar-refractivity contribution in [2.24, 2.45) is 23.2 Å². The Morgan fingerprint density at radius 2 is 2.32 bits per heavy atom. The molecule has 2 saturated carbocycles. The van der Waals surface area contributed by atoms with Crippen LogP contribution in [0.1, 0.15) is 62.5 Å². The first-order valence-electron chi connectivity index (χ1n) is 11.1. The molecule has 0 saturated heterocycles. The molecule has 5 unspecified atom stereocenters. The Morgan fingerprint density at radius 3 is 3.12 bits per heavy atom. The minimum absolute atomic E-state index is 0.0948. The molecule has 3 aliphatic carbocycles. The number of hydrogen-bond donors (Lipinski definition) is 1. The van der Waals surface area contributed by atoms with Gasteiger partial charge in [-0.15, -0.1) is 0 Å². The Balaban J connectivity index is 1.57. The van der Waals surface area contributed by atoms with Gasteiger partial charge in [0.25, 0.3) is 0 Å². The molecular weight excluding hydrogens is 327 g/mol. The minimum Gasteiger partial charge on any atom is -0.396 e. The lowest BCUT2D eigenvalue weighted by Crippen LogP contribution is -2.42. The average molecular weight is 361 g/mol. The van der Waals surface area contributed by atoms with Gasteiger partial charge in [0, 0.05) is 22.3 Å². The van der Waals surface area contributed by atoms with Crippen LogP contribution in [0.25, 0.3) is 0 Å². The van der Waals surface area contributed by atoms with Gasteiger partial charge in [0.05, 0.1) is 0 Å². The van der Waals surface area contributed by atoms with Crippen molar-refractivity contribution in [3.8, 4) is 0 Å². The number of aliphatic hydroxyl groups excluding tert-OH is 1. The van der Waals surface area contributed by atoms with Crippen LogP contribution in [0.2, 0.25) is 0 Å². The molecular formula is C21H31BO2S. The summed E-state index contributed by atoms with van der Waals surface area (Å²) < 4.78 is 27.1. The molecule has 6 atom stereocenters. The molecule has 0 aromatic heterocycles. The largest absolute Gasteiger partial charge is 0.396 e. The number of aryl methyl sites for hydroxylation is 1. The molecule has 0 bridgehead atoms. The number of fused-ring (bicyclic) bond motifs is 5. The van der Waals surface area contributed by atoms with E-state index in [9.17, 15) is 9.32 Å². The van der Waals surface area contributed by atoms with Crippen molar-refractivity contribution >= 4 is 18.6 Å². The number of rotatable bonds is 5. The summed E-state index contributed by atoms with van der Waals surface area (Å²) >= 11 is 0. The third-order valence-corrected chi connectivity index (χ3v) is 8.87. The molecule has 0 heterocycles. The van der Waals surface area contributed by atoms with Crippen LogP contribution in [0, 0.1) is 23.2 Å². The number of aliphatic hydroxyl groups is 1. The standard InChI is InChI=1S/C21H31BO2S/c1-21-10-8-18-17-6-4-16(25(24)13-22)12-14(17)2-5-19(18)20(21)7-3-15(21)9-11-23/h4,6,12,15,18-20,23H,2-3,5,7-11,13,22H2,1H3/t15-,18?,19?,20?,21?,25?/m1/s1/i22TD. The molecule has 0 aliphatic heterocycles. The third-order valence-electron chi connectivity index (χ3n) is 7.79. The molecule has 2 fully saturated rings. The summed E-state index contributed by atoms with van der Waals surface area (Å²) in [5.74, 6) is 2.84. The molecule has 1 aromatic carbocycles. The van der Waals surface area contributed by atoms with Gasteiger partial charge in [-0.05, 0) is 106 Å². The van der Waals surface area contributed by atoms with Crippen LogP contribution in [-0.4, -0.2) is 32.0 Å². The lowest BCUT2D eigenvalue weighted by Gasteiger charge is -2.51. The molecule has 4 rings (SSSR count). The van der Waals surface area contributed by atoms with Crippen LogP contribution in [0.15, 0.2) is 23.1 Å². The second-order valence-electron chi connectivity index (χ2n) is 8.62. The minimum atomic E-state index is -1.24. The lowest BCUT2D eigenvalue weighted by atomic mass is 9.54. The topological polar surface area (TPSA) is 37.3 Å². The van der Waals surface area contributed by atoms with Crippen molar-refractivity contribution in [3.63, 3.8) is 0 Å². The van der Waals surface area contributed by atoms with E-state index >= 15 is 0 Å². The first-order valence-corrected chi connectivity index (χ1v) is 11.2. The van der Waals surface area contributed by atoms with Crippen molar-refractivity contribution in [2.75, 3.05) is 12.3 Å². The van der Waals surface area contributed by atoms with Gasteiger partial charge in [0.2, 0.25) is 0 Å². The third kappa shape index (κ3) is 2.84. The first kappa shape index (κ1) is 15.5. The normalized spacial score (nSPS) is 38.8. The average Bonchev–Trinajstić information content (AvgIpc) is 2.97. The maximum atomic E-state index is 12.4. The molecule has 0 spiro atoms. The predicted octanol–water partition coefficient (Wildman–Crippen LogP) is 3.24. The second-order valence-corrected chi connectivity index (χ2v) is 10.1. The molecule has 3 aliphatic rings. The fourth-order valence-electron chi connectivity index (χ4n) is 6.54. The van der Waals surface area contributed by atoms with Crippen LogP contribution >= 0.6 is 0 Å². The van der Waals surface area contributed by atoms with Crippen LogP contribution in [0.3, 0.4) is 0 Å². The quantitative estimate of drug-likeness (QED) is 0.818. The first-order chi connectivity index (χ1) is 12.9. The van der Waals surface area contributed by atoms with E-state index in [2.05, 4.69) is 19.1 Å². The zero-order valence-electron chi connectivity index (χ0n) is 17.2. The summed E-state index contributed by atoms with van der Waals surface area (Å²) in [6.45, 7) is 2.81. The van der Waals surface area contributed by atoms with E-state index in [0.717, 1.165) is 29.6 Å². The monoisotopic (exact) mass is 361 g/mol. The highest BCUT2D eigenvalue weighted by molar-refractivity contribution is 7.86. The summed E-state index contributed by atoms with van der Waals surface area (Å²) in [7, 11) is -2.27. The van der Waals surface area contributed by atoms with Gasteiger partial charge >= 0.3 is 0 Å². The molecule has 1 N–H and O–H groups in total. The van der Waals surface area contributed by atoms with Crippen LogP contribution in [0.4, 0.5) is 0 Å². The fraction of sp³-hybridized carbons (Fsp3) is 0.714. The van der Waals surface area contributed by atoms with E-state index in [0.29, 0.717) is 23.9 Å². The van der Waals surface area contributed by atoms with E-state index in [1.807, 2.05) is 6.07 Å². The highest BCUT2D eigenvalue weighted by Gasteiger charge is 2.54. The summed E-state index contributed by atoms with van der Waals surface area (Å²) in [5, 5.41) is 9.47. The molecule has 25 heavy (non-hydrogen) atoms. The maximum Gasteiger partial charge on any atom is 0.118 e. The van der Waals surface area contributed by atoms with Gasteiger partial charge in [-0.3, -0.25) is 4.21 Å². The highest BCUT2D eigenvalue weighted by Crippen LogP contribution is 2.63. The van der Waals surface area contributed by atoms with Gasteiger partial charge in [0.15, 0.2) is 0 Å². The highest BCUT2D eigenvalue weighted by atomic mass is 32.2. The van der Waals surface area contributed by atoms with Gasteiger partial charge in [-0.25, -0.2) is 0 Å². The van der Waals surface area contributed by atoms with Crippen LogP contribution in [0.5, 0.6) is 0 Å². The summed E-state index contributed by atoms with van der Waals surface area (Å²) in [6, 6.07) is 6.28. The van der Waals surface area contributed by atoms with Crippen molar-refractivity contribution in [1.29, 1.82) is 2.67 Å². The Hall–Kier alpha value is -0.605. The Kier molecular flexibility index (Phi) is 4.23. The SMILES string of the molecule is [2H]B([3H])CS(=O)c1ccc2c(c1)CCC1C2CCC2(C)C1CC[C@@H]2CCO. The predicted molar refractivity (Wildman–Crippen MR) is 106 cm³/mol. The Bertz CT molecular complexity index is 728. The van der Waals surface area contributed by atoms with Gasteiger partial charge in [-0.2, -0.15) is 0 Å². The molecule has 136 valence electrons. The smallest absolute Gasteiger partial charge is 0.118 e. The van der Waals surface area contributed by atoms with E-state index in [-0.39, 0.29) is 5.65 Å². The van der Waals surface area contributed by atoms with Crippen molar-refractivity contribution < 1.29 is 9.32 Å². The van der Waals surface area contributed by atoms with Crippen LogP contribution < -0.4 is 0 Å². The van der Waals surface area contributed by atoms with Crippen molar-refractivity contribution in [3.05, 3.63) is 29.3 Å². The zero-order chi connectivity index (χ0) is 19.2. The lowest BCUT2D eigenvalue weighted by molar-refractivity contribution is 0.0209. The number of hydrogen-bond acceptors (Lipinski definition) is 2. The summed E-state index contributed by atoms with van der Waals surface area (Å²) in [5.41, 5.74) is 3.31. The maximum absolute atomic E-state index is 12.4. The van der Waals surface area contributed by atoms with Crippen molar-refractivity contribution in [2.45, 2.75) is 62.7 Å². The van der Waals surface area contributed by atoms with Gasteiger partial charge in [0.1, 0.15) is 7.77 Å².